The number of carbonyl (C=O) groups is 4. The molecule has 4 amide bonds. The Balaban J connectivity index is 1.37. The molecular formula is C39H41N5O6. The second-order valence-electron chi connectivity index (χ2n) is 13.2. The maximum Gasteiger partial charge on any atom is 0.270 e. The number of benzene rings is 4. The van der Waals surface area contributed by atoms with Gasteiger partial charge in [-0.05, 0) is 67.8 Å². The first-order chi connectivity index (χ1) is 23.9. The largest absolute Gasteiger partial charge is 0.490 e. The van der Waals surface area contributed by atoms with Crippen LogP contribution in [0.25, 0.3) is 21.7 Å². The average molecular weight is 676 g/mol. The van der Waals surface area contributed by atoms with Gasteiger partial charge in [0.2, 0.25) is 11.8 Å². The van der Waals surface area contributed by atoms with Crippen molar-refractivity contribution in [2.45, 2.75) is 57.3 Å². The monoisotopic (exact) mass is 675 g/mol. The fourth-order valence-corrected chi connectivity index (χ4v) is 5.49. The van der Waals surface area contributed by atoms with Gasteiger partial charge in [-0.3, -0.25) is 19.2 Å². The summed E-state index contributed by atoms with van der Waals surface area (Å²) < 4.78 is 6.11. The van der Waals surface area contributed by atoms with Gasteiger partial charge >= 0.3 is 0 Å². The Morgan fingerprint density at radius 3 is 2.12 bits per heavy atom. The van der Waals surface area contributed by atoms with Gasteiger partial charge in [0.05, 0.1) is 23.5 Å². The van der Waals surface area contributed by atoms with Gasteiger partial charge in [0.1, 0.15) is 30.2 Å². The molecule has 0 aliphatic carbocycles. The zero-order valence-electron chi connectivity index (χ0n) is 28.2. The molecule has 1 heterocycles. The van der Waals surface area contributed by atoms with Crippen molar-refractivity contribution in [3.05, 3.63) is 120 Å². The van der Waals surface area contributed by atoms with Crippen molar-refractivity contribution in [3.8, 4) is 5.75 Å². The summed E-state index contributed by atoms with van der Waals surface area (Å²) in [5.41, 5.74) is 6.72. The number of amides is 4. The highest BCUT2D eigenvalue weighted by Crippen LogP contribution is 2.27. The Labute approximate surface area is 290 Å². The Morgan fingerprint density at radius 1 is 0.800 bits per heavy atom. The number of nitrogens with one attached hydrogen (secondary N) is 3. The lowest BCUT2D eigenvalue weighted by Gasteiger charge is -2.27. The molecule has 11 nitrogen and oxygen atoms in total. The van der Waals surface area contributed by atoms with Gasteiger partial charge in [0.25, 0.3) is 11.8 Å². The standard InChI is InChI=1S/C39H41N5O6/c1-39(2,3)44-36(47)28-20-26-14-7-8-15-27(26)21-34(28)50-23-33(45)31(19-24-11-5-4-6-12-24)42-38(49)32(22-35(40)46)43-37(48)30-18-17-25-13-9-10-16-29(25)41-30/h4-18,20-21,31-33,45H,19,22-23H2,1-3H3,(H2,40,46)(H,42,49)(H,43,48)(H,44,47)/t31-,32-,33+/m0/s1. The number of aromatic nitrogens is 1. The predicted octanol–water partition coefficient (Wildman–Crippen LogP) is 4.06. The lowest BCUT2D eigenvalue weighted by Crippen LogP contribution is -2.55. The van der Waals surface area contributed by atoms with Crippen LogP contribution in [0.3, 0.4) is 0 Å². The van der Waals surface area contributed by atoms with Crippen LogP contribution in [0.2, 0.25) is 0 Å². The van der Waals surface area contributed by atoms with Crippen molar-refractivity contribution >= 4 is 45.3 Å². The number of primary amides is 1. The summed E-state index contributed by atoms with van der Waals surface area (Å²) >= 11 is 0. The predicted molar refractivity (Wildman–Crippen MR) is 192 cm³/mol. The Morgan fingerprint density at radius 2 is 1.44 bits per heavy atom. The van der Waals surface area contributed by atoms with Crippen molar-refractivity contribution in [1.82, 2.24) is 20.9 Å². The van der Waals surface area contributed by atoms with E-state index in [1.54, 1.807) is 30.3 Å². The number of rotatable bonds is 13. The van der Waals surface area contributed by atoms with Crippen LogP contribution >= 0.6 is 0 Å². The van der Waals surface area contributed by atoms with E-state index in [0.717, 1.165) is 21.7 Å². The van der Waals surface area contributed by atoms with E-state index in [4.69, 9.17) is 10.5 Å². The number of pyridine rings is 1. The lowest BCUT2D eigenvalue weighted by molar-refractivity contribution is -0.128. The van der Waals surface area contributed by atoms with Gasteiger partial charge in [0, 0.05) is 10.9 Å². The highest BCUT2D eigenvalue weighted by atomic mass is 16.5. The van der Waals surface area contributed by atoms with Gasteiger partial charge in [-0.1, -0.05) is 78.9 Å². The van der Waals surface area contributed by atoms with Crippen LogP contribution in [-0.2, 0) is 16.0 Å². The fourth-order valence-electron chi connectivity index (χ4n) is 5.49. The van der Waals surface area contributed by atoms with Crippen LogP contribution in [0.15, 0.2) is 103 Å². The second kappa shape index (κ2) is 15.6. The van der Waals surface area contributed by atoms with E-state index >= 15 is 0 Å². The van der Waals surface area contributed by atoms with Crippen LogP contribution in [-0.4, -0.2) is 64.1 Å². The van der Waals surface area contributed by atoms with E-state index in [0.29, 0.717) is 11.1 Å². The molecule has 5 aromatic rings. The second-order valence-corrected chi connectivity index (χ2v) is 13.2. The zero-order valence-corrected chi connectivity index (χ0v) is 28.2. The molecule has 6 N–H and O–H groups in total. The summed E-state index contributed by atoms with van der Waals surface area (Å²) in [5.74, 6) is -2.28. The first-order valence-corrected chi connectivity index (χ1v) is 16.3. The third-order valence-electron chi connectivity index (χ3n) is 7.94. The molecule has 0 saturated carbocycles. The number of carbonyl (C=O) groups excluding carboxylic acids is 4. The molecule has 0 bridgehead atoms. The van der Waals surface area contributed by atoms with E-state index in [1.165, 1.54) is 6.07 Å². The number of aliphatic hydroxyl groups excluding tert-OH is 1. The maximum absolute atomic E-state index is 13.7. The fraction of sp³-hybridized carbons (Fsp3) is 0.256. The van der Waals surface area contributed by atoms with E-state index in [-0.39, 0.29) is 30.4 Å². The number of hydrogen-bond acceptors (Lipinski definition) is 7. The summed E-state index contributed by atoms with van der Waals surface area (Å²) in [4.78, 5) is 56.6. The van der Waals surface area contributed by atoms with Crippen molar-refractivity contribution < 1.29 is 29.0 Å². The minimum Gasteiger partial charge on any atom is -0.490 e. The molecule has 0 fully saturated rings. The van der Waals surface area contributed by atoms with E-state index in [2.05, 4.69) is 20.9 Å². The summed E-state index contributed by atoms with van der Waals surface area (Å²) in [6.07, 6.45) is -1.58. The topological polar surface area (TPSA) is 173 Å². The average Bonchev–Trinajstić information content (AvgIpc) is 3.08. The number of para-hydroxylation sites is 1. The molecule has 11 heteroatoms. The molecule has 0 aliphatic rings. The quantitative estimate of drug-likeness (QED) is 0.125. The molecule has 0 radical (unpaired) electrons. The van der Waals surface area contributed by atoms with E-state index in [9.17, 15) is 24.3 Å². The van der Waals surface area contributed by atoms with Crippen molar-refractivity contribution in [2.75, 3.05) is 6.61 Å². The number of ether oxygens (including phenoxy) is 1. The van der Waals surface area contributed by atoms with E-state index in [1.807, 2.05) is 87.5 Å². The number of nitrogens with zero attached hydrogens (tertiary/aromatic N) is 1. The van der Waals surface area contributed by atoms with Crippen molar-refractivity contribution in [2.24, 2.45) is 5.73 Å². The molecule has 1 aromatic heterocycles. The zero-order chi connectivity index (χ0) is 35.8. The summed E-state index contributed by atoms with van der Waals surface area (Å²) in [7, 11) is 0. The summed E-state index contributed by atoms with van der Waals surface area (Å²) in [5, 5.41) is 22.4. The third kappa shape index (κ3) is 9.42. The molecule has 4 aromatic carbocycles. The van der Waals surface area contributed by atoms with Crippen LogP contribution in [0.4, 0.5) is 0 Å². The molecule has 3 atom stereocenters. The lowest BCUT2D eigenvalue weighted by atomic mass is 10.0. The molecule has 50 heavy (non-hydrogen) atoms. The Hall–Kier alpha value is -5.81. The van der Waals surface area contributed by atoms with Crippen LogP contribution in [0.1, 0.15) is 53.6 Å². The normalized spacial score (nSPS) is 13.2. The van der Waals surface area contributed by atoms with Gasteiger partial charge in [-0.2, -0.15) is 0 Å². The minimum absolute atomic E-state index is 0.0573. The molecule has 0 aliphatic heterocycles. The summed E-state index contributed by atoms with van der Waals surface area (Å²) in [6, 6.07) is 28.5. The van der Waals surface area contributed by atoms with Crippen LogP contribution in [0, 0.1) is 0 Å². The van der Waals surface area contributed by atoms with Gasteiger partial charge in [0.15, 0.2) is 0 Å². The minimum atomic E-state index is -1.35. The third-order valence-corrected chi connectivity index (χ3v) is 7.94. The highest BCUT2D eigenvalue weighted by molar-refractivity contribution is 6.02. The van der Waals surface area contributed by atoms with E-state index < -0.39 is 47.9 Å². The number of nitrogens with two attached hydrogens (primary N) is 1. The molecule has 0 saturated heterocycles. The van der Waals surface area contributed by atoms with Crippen LogP contribution in [0.5, 0.6) is 5.75 Å². The first-order valence-electron chi connectivity index (χ1n) is 16.3. The molecule has 0 unspecified atom stereocenters. The van der Waals surface area contributed by atoms with Crippen molar-refractivity contribution in [1.29, 1.82) is 0 Å². The summed E-state index contributed by atoms with van der Waals surface area (Å²) in [6.45, 7) is 5.33. The highest BCUT2D eigenvalue weighted by Gasteiger charge is 2.30. The SMILES string of the molecule is CC(C)(C)NC(=O)c1cc2ccccc2cc1OC[C@@H](O)[C@H](Cc1ccccc1)NC(=O)[C@H](CC(N)=O)NC(=O)c1ccc2ccccc2n1. The van der Waals surface area contributed by atoms with Gasteiger partial charge < -0.3 is 31.5 Å². The molecular weight excluding hydrogens is 634 g/mol. The molecule has 0 spiro atoms. The van der Waals surface area contributed by atoms with Gasteiger partial charge in [-0.25, -0.2) is 4.98 Å². The van der Waals surface area contributed by atoms with Crippen molar-refractivity contribution in [3.63, 3.8) is 0 Å². The number of aliphatic hydroxyl groups is 1. The smallest absolute Gasteiger partial charge is 0.270 e. The van der Waals surface area contributed by atoms with Gasteiger partial charge in [-0.15, -0.1) is 0 Å². The van der Waals surface area contributed by atoms with Crippen LogP contribution < -0.4 is 26.4 Å². The number of hydrogen-bond donors (Lipinski definition) is 5. The number of fused-ring (bicyclic) bond motifs is 2. The Kier molecular flexibility index (Phi) is 11.1. The Bertz CT molecular complexity index is 2010. The maximum atomic E-state index is 13.7. The molecule has 5 rings (SSSR count). The molecule has 258 valence electrons. The first kappa shape index (κ1) is 35.5.